The van der Waals surface area contributed by atoms with E-state index >= 15 is 4.39 Å². The molecule has 9 nitrogen and oxygen atoms in total. The van der Waals surface area contributed by atoms with Crippen molar-refractivity contribution in [2.75, 3.05) is 13.2 Å². The number of halogens is 1. The first-order chi connectivity index (χ1) is 12.7. The average Bonchev–Trinajstić information content (AvgIpc) is 2.94. The lowest BCUT2D eigenvalue weighted by molar-refractivity contribution is -0.384. The fraction of sp³-hybridized carbons (Fsp3) is 0.412. The Morgan fingerprint density at radius 2 is 1.89 bits per heavy atom. The van der Waals surface area contributed by atoms with Gasteiger partial charge in [-0.3, -0.25) is 29.4 Å². The number of likely N-dealkylation sites (tertiary alicyclic amines) is 1. The van der Waals surface area contributed by atoms with E-state index in [0.717, 1.165) is 29.2 Å². The van der Waals surface area contributed by atoms with Crippen molar-refractivity contribution < 1.29 is 33.2 Å². The van der Waals surface area contributed by atoms with Gasteiger partial charge in [-0.05, 0) is 26.0 Å². The van der Waals surface area contributed by atoms with Gasteiger partial charge in [-0.15, -0.1) is 0 Å². The fourth-order valence-corrected chi connectivity index (χ4v) is 2.90. The minimum atomic E-state index is -3.41. The van der Waals surface area contributed by atoms with Crippen LogP contribution >= 0.6 is 0 Å². The largest absolute Gasteiger partial charge is 0.463 e. The number of hydrogen-bond donors (Lipinski definition) is 0. The zero-order chi connectivity index (χ0) is 20.4. The van der Waals surface area contributed by atoms with E-state index in [9.17, 15) is 29.3 Å². The molecule has 1 aliphatic rings. The summed E-state index contributed by atoms with van der Waals surface area (Å²) >= 11 is 0. The molecule has 144 valence electrons. The number of ketones is 1. The number of carbonyl (C=O) groups is 4. The van der Waals surface area contributed by atoms with Crippen LogP contribution in [0.15, 0.2) is 24.3 Å². The highest BCUT2D eigenvalue weighted by Crippen LogP contribution is 2.37. The van der Waals surface area contributed by atoms with Crippen molar-refractivity contribution in [3.8, 4) is 0 Å². The molecular formula is C17H17FN2O7. The summed E-state index contributed by atoms with van der Waals surface area (Å²) in [4.78, 5) is 60.2. The Labute approximate surface area is 153 Å². The summed E-state index contributed by atoms with van der Waals surface area (Å²) in [7, 11) is 0. The number of nitro benzene ring substituents is 1. The van der Waals surface area contributed by atoms with Crippen molar-refractivity contribution in [1.82, 2.24) is 4.90 Å². The Bertz CT molecular complexity index is 808. The summed E-state index contributed by atoms with van der Waals surface area (Å²) in [5.41, 5.74) is -4.11. The van der Waals surface area contributed by atoms with Crippen molar-refractivity contribution >= 4 is 29.3 Å². The molecule has 2 amide bonds. The van der Waals surface area contributed by atoms with Crippen LogP contribution in [0.25, 0.3) is 0 Å². The number of benzene rings is 1. The van der Waals surface area contributed by atoms with Gasteiger partial charge < -0.3 is 4.74 Å². The van der Waals surface area contributed by atoms with E-state index in [4.69, 9.17) is 0 Å². The predicted molar refractivity (Wildman–Crippen MR) is 88.4 cm³/mol. The third kappa shape index (κ3) is 3.42. The van der Waals surface area contributed by atoms with E-state index < -0.39 is 46.5 Å². The smallest absolute Gasteiger partial charge is 0.353 e. The first-order valence-corrected chi connectivity index (χ1v) is 8.18. The summed E-state index contributed by atoms with van der Waals surface area (Å²) < 4.78 is 20.4. The predicted octanol–water partition coefficient (Wildman–Crippen LogP) is 1.44. The van der Waals surface area contributed by atoms with Gasteiger partial charge in [0.05, 0.1) is 11.5 Å². The van der Waals surface area contributed by atoms with Crippen LogP contribution in [0.5, 0.6) is 0 Å². The summed E-state index contributed by atoms with van der Waals surface area (Å²) in [6.07, 6.45) is -0.652. The summed E-state index contributed by atoms with van der Waals surface area (Å²) in [6, 6.07) is 3.90. The van der Waals surface area contributed by atoms with Crippen LogP contribution in [-0.2, 0) is 19.1 Å². The highest BCUT2D eigenvalue weighted by molar-refractivity contribution is 6.20. The first kappa shape index (κ1) is 20.1. The lowest BCUT2D eigenvalue weighted by Gasteiger charge is -2.26. The molecule has 0 saturated carbocycles. The van der Waals surface area contributed by atoms with E-state index in [-0.39, 0.29) is 24.4 Å². The zero-order valence-corrected chi connectivity index (χ0v) is 14.6. The van der Waals surface area contributed by atoms with Gasteiger partial charge in [-0.2, -0.15) is 0 Å². The third-order valence-electron chi connectivity index (χ3n) is 4.28. The summed E-state index contributed by atoms with van der Waals surface area (Å²) in [5, 5.41) is 10.7. The van der Waals surface area contributed by atoms with Gasteiger partial charge in [0.25, 0.3) is 11.4 Å². The van der Waals surface area contributed by atoms with E-state index in [0.29, 0.717) is 0 Å². The van der Waals surface area contributed by atoms with E-state index in [1.54, 1.807) is 0 Å². The zero-order valence-electron chi connectivity index (χ0n) is 14.6. The molecule has 0 bridgehead atoms. The Balaban J connectivity index is 2.49. The number of carbonyl (C=O) groups excluding carboxylic acids is 4. The quantitative estimate of drug-likeness (QED) is 0.175. The number of hydrogen-bond acceptors (Lipinski definition) is 7. The molecule has 1 aromatic carbocycles. The van der Waals surface area contributed by atoms with Gasteiger partial charge in [0.1, 0.15) is 5.92 Å². The second-order valence-electron chi connectivity index (χ2n) is 5.80. The molecule has 0 aromatic heterocycles. The molecule has 1 aromatic rings. The molecule has 2 rings (SSSR count). The van der Waals surface area contributed by atoms with Crippen LogP contribution in [0.1, 0.15) is 30.6 Å². The molecule has 0 spiro atoms. The van der Waals surface area contributed by atoms with Crippen LogP contribution in [0.2, 0.25) is 0 Å². The molecule has 1 saturated heterocycles. The van der Waals surface area contributed by atoms with Gasteiger partial charge in [0, 0.05) is 30.7 Å². The Hall–Kier alpha value is -3.17. The number of non-ortho nitro benzene ring substituents is 1. The van der Waals surface area contributed by atoms with Crippen molar-refractivity contribution in [3.05, 3.63) is 39.9 Å². The maximum Gasteiger partial charge on any atom is 0.353 e. The Morgan fingerprint density at radius 3 is 2.33 bits per heavy atom. The molecule has 0 radical (unpaired) electrons. The molecule has 1 fully saturated rings. The maximum absolute atomic E-state index is 15.8. The van der Waals surface area contributed by atoms with Gasteiger partial charge in [0.2, 0.25) is 17.6 Å². The number of ether oxygens (including phenoxy) is 1. The number of nitro groups is 1. The van der Waals surface area contributed by atoms with Gasteiger partial charge in [0.15, 0.2) is 0 Å². The monoisotopic (exact) mass is 380 g/mol. The molecule has 0 aliphatic carbocycles. The molecule has 2 atom stereocenters. The number of imide groups is 1. The number of Topliss-reactive ketones (excluding diaryl/α,β-unsaturated/α-hetero) is 1. The standard InChI is InChI=1S/C17H17FN2O7/c1-3-19-13(21)9-12(15(19)23)17(18,16(24)27-4-2)14(22)10-5-7-11(8-6-10)20(25)26/h5-8,12H,3-4,9H2,1-2H3/t12-,17+/m0/s1. The second-order valence-corrected chi connectivity index (χ2v) is 5.80. The van der Waals surface area contributed by atoms with E-state index in [2.05, 4.69) is 4.74 Å². The minimum Gasteiger partial charge on any atom is -0.463 e. The van der Waals surface area contributed by atoms with E-state index in [1.165, 1.54) is 13.8 Å². The third-order valence-corrected chi connectivity index (χ3v) is 4.28. The van der Waals surface area contributed by atoms with Crippen LogP contribution in [0.4, 0.5) is 10.1 Å². The molecule has 0 unspecified atom stereocenters. The van der Waals surface area contributed by atoms with Gasteiger partial charge >= 0.3 is 5.97 Å². The van der Waals surface area contributed by atoms with Crippen LogP contribution in [-0.4, -0.2) is 52.2 Å². The number of nitrogens with zero attached hydrogens (tertiary/aromatic N) is 2. The van der Waals surface area contributed by atoms with Crippen LogP contribution in [0, 0.1) is 16.0 Å². The number of rotatable bonds is 7. The average molecular weight is 380 g/mol. The molecule has 0 N–H and O–H groups in total. The molecular weight excluding hydrogens is 363 g/mol. The fourth-order valence-electron chi connectivity index (χ4n) is 2.90. The topological polar surface area (TPSA) is 124 Å². The highest BCUT2D eigenvalue weighted by Gasteiger charge is 2.61. The highest BCUT2D eigenvalue weighted by atomic mass is 19.1. The Morgan fingerprint density at radius 1 is 1.30 bits per heavy atom. The molecule has 1 aliphatic heterocycles. The first-order valence-electron chi connectivity index (χ1n) is 8.18. The molecule has 1 heterocycles. The lowest BCUT2D eigenvalue weighted by atomic mass is 9.81. The summed E-state index contributed by atoms with van der Waals surface area (Å²) in [6.45, 7) is 2.62. The summed E-state index contributed by atoms with van der Waals surface area (Å²) in [5.74, 6) is -6.49. The number of esters is 1. The van der Waals surface area contributed by atoms with E-state index in [1.807, 2.05) is 0 Å². The van der Waals surface area contributed by atoms with Crippen molar-refractivity contribution in [3.63, 3.8) is 0 Å². The number of alkyl halides is 1. The lowest BCUT2D eigenvalue weighted by Crippen LogP contribution is -2.52. The van der Waals surface area contributed by atoms with Gasteiger partial charge in [-0.25, -0.2) is 9.18 Å². The molecule has 27 heavy (non-hydrogen) atoms. The number of amides is 2. The van der Waals surface area contributed by atoms with Crippen molar-refractivity contribution in [1.29, 1.82) is 0 Å². The van der Waals surface area contributed by atoms with Gasteiger partial charge in [-0.1, -0.05) is 0 Å². The minimum absolute atomic E-state index is 0.0290. The SMILES string of the molecule is CCOC(=O)[C@](F)(C(=O)c1ccc([N+](=O)[O-])cc1)[C@H]1CC(=O)N(CC)C1=O. The van der Waals surface area contributed by atoms with Crippen molar-refractivity contribution in [2.45, 2.75) is 25.9 Å². The van der Waals surface area contributed by atoms with Crippen LogP contribution in [0.3, 0.4) is 0 Å². The van der Waals surface area contributed by atoms with Crippen molar-refractivity contribution in [2.24, 2.45) is 5.92 Å². The van der Waals surface area contributed by atoms with Crippen LogP contribution < -0.4 is 0 Å². The normalized spacial score (nSPS) is 18.9. The maximum atomic E-state index is 15.8. The second kappa shape index (κ2) is 7.60. The Kier molecular flexibility index (Phi) is 5.67. The molecule has 10 heteroatoms.